The van der Waals surface area contributed by atoms with Crippen molar-refractivity contribution in [3.63, 3.8) is 0 Å². The average Bonchev–Trinajstić information content (AvgIpc) is 2.65. The molecule has 92 valence electrons. The molecule has 2 aromatic rings. The third-order valence-electron chi connectivity index (χ3n) is 3.15. The van der Waals surface area contributed by atoms with E-state index in [2.05, 4.69) is 5.32 Å². The van der Waals surface area contributed by atoms with Crippen molar-refractivity contribution < 1.29 is 0 Å². The van der Waals surface area contributed by atoms with Gasteiger partial charge in [0.15, 0.2) is 5.66 Å². The average molecular weight is 260 g/mol. The van der Waals surface area contributed by atoms with E-state index in [1.807, 2.05) is 54.6 Å². The molecule has 1 aliphatic rings. The first kappa shape index (κ1) is 12.6. The lowest BCUT2D eigenvalue weighted by Crippen LogP contribution is -2.47. The maximum Gasteiger partial charge on any atom is 0.156 e. The lowest BCUT2D eigenvalue weighted by molar-refractivity contribution is 0.708. The zero-order chi connectivity index (χ0) is 11.9. The highest BCUT2D eigenvalue weighted by molar-refractivity contribution is 6.14. The van der Waals surface area contributed by atoms with Gasteiger partial charge in [-0.15, -0.1) is 12.4 Å². The fourth-order valence-corrected chi connectivity index (χ4v) is 2.22. The summed E-state index contributed by atoms with van der Waals surface area (Å²) in [5.74, 6) is 0. The minimum absolute atomic E-state index is 0. The van der Waals surface area contributed by atoms with E-state index in [-0.39, 0.29) is 12.4 Å². The van der Waals surface area contributed by atoms with E-state index in [0.717, 1.165) is 16.8 Å². The van der Waals surface area contributed by atoms with Gasteiger partial charge in [0, 0.05) is 11.3 Å². The van der Waals surface area contributed by atoms with Gasteiger partial charge in [0.25, 0.3) is 0 Å². The minimum atomic E-state index is -0.912. The molecule has 4 N–H and O–H groups in total. The summed E-state index contributed by atoms with van der Waals surface area (Å²) >= 11 is 0. The van der Waals surface area contributed by atoms with Crippen LogP contribution in [-0.4, -0.2) is 5.71 Å². The van der Waals surface area contributed by atoms with Gasteiger partial charge in [0.2, 0.25) is 0 Å². The van der Waals surface area contributed by atoms with Crippen molar-refractivity contribution in [3.05, 3.63) is 65.7 Å². The number of para-hydroxylation sites is 1. The van der Waals surface area contributed by atoms with E-state index in [0.29, 0.717) is 5.71 Å². The van der Waals surface area contributed by atoms with Gasteiger partial charge >= 0.3 is 0 Å². The number of rotatable bonds is 1. The summed E-state index contributed by atoms with van der Waals surface area (Å²) in [7, 11) is 0. The fraction of sp³-hybridized carbons (Fsp3) is 0.0714. The number of nitrogens with one attached hydrogen (secondary N) is 2. The first-order chi connectivity index (χ1) is 8.22. The Bertz CT molecular complexity index is 583. The van der Waals surface area contributed by atoms with Crippen molar-refractivity contribution >= 4 is 23.8 Å². The van der Waals surface area contributed by atoms with Crippen molar-refractivity contribution in [3.8, 4) is 0 Å². The van der Waals surface area contributed by atoms with E-state index in [9.17, 15) is 0 Å². The van der Waals surface area contributed by atoms with Crippen molar-refractivity contribution in [1.82, 2.24) is 0 Å². The van der Waals surface area contributed by atoms with Crippen molar-refractivity contribution in [1.29, 1.82) is 5.41 Å². The molecule has 4 heteroatoms. The second kappa shape index (κ2) is 4.44. The summed E-state index contributed by atoms with van der Waals surface area (Å²) in [5.41, 5.74) is 8.54. The molecule has 1 heterocycles. The van der Waals surface area contributed by atoms with Crippen LogP contribution in [0.2, 0.25) is 0 Å². The highest BCUT2D eigenvalue weighted by Gasteiger charge is 2.39. The fourth-order valence-electron chi connectivity index (χ4n) is 2.22. The molecule has 1 aliphatic heterocycles. The molecule has 2 aromatic carbocycles. The third-order valence-corrected chi connectivity index (χ3v) is 3.15. The number of benzene rings is 2. The number of halogens is 1. The van der Waals surface area contributed by atoms with Gasteiger partial charge in [-0.2, -0.15) is 0 Å². The second-order valence-electron chi connectivity index (χ2n) is 4.22. The van der Waals surface area contributed by atoms with Crippen molar-refractivity contribution in [2.24, 2.45) is 5.73 Å². The molecular weight excluding hydrogens is 246 g/mol. The number of nitrogens with two attached hydrogens (primary N) is 1. The van der Waals surface area contributed by atoms with Gasteiger partial charge < -0.3 is 10.7 Å². The lowest BCUT2D eigenvalue weighted by Gasteiger charge is -2.25. The Kier molecular flexibility index (Phi) is 3.11. The Labute approximate surface area is 112 Å². The molecule has 0 saturated heterocycles. The van der Waals surface area contributed by atoms with Crippen LogP contribution in [-0.2, 0) is 5.66 Å². The zero-order valence-corrected chi connectivity index (χ0v) is 10.5. The monoisotopic (exact) mass is 259 g/mol. The van der Waals surface area contributed by atoms with Crippen LogP contribution in [0.3, 0.4) is 0 Å². The largest absolute Gasteiger partial charge is 0.358 e. The molecule has 0 aromatic heterocycles. The predicted octanol–water partition coefficient (Wildman–Crippen LogP) is 2.71. The normalized spacial score (nSPS) is 20.8. The Morgan fingerprint density at radius 2 is 1.56 bits per heavy atom. The number of hydrogen-bond donors (Lipinski definition) is 3. The molecule has 0 amide bonds. The van der Waals surface area contributed by atoms with Crippen molar-refractivity contribution in [2.75, 3.05) is 5.32 Å². The van der Waals surface area contributed by atoms with E-state index in [1.54, 1.807) is 0 Å². The van der Waals surface area contributed by atoms with E-state index in [4.69, 9.17) is 11.1 Å². The van der Waals surface area contributed by atoms with Gasteiger partial charge in [-0.1, -0.05) is 48.5 Å². The third kappa shape index (κ3) is 1.68. The van der Waals surface area contributed by atoms with Crippen LogP contribution < -0.4 is 11.1 Å². The summed E-state index contributed by atoms with van der Waals surface area (Å²) < 4.78 is 0. The first-order valence-electron chi connectivity index (χ1n) is 5.53. The summed E-state index contributed by atoms with van der Waals surface area (Å²) in [4.78, 5) is 0. The van der Waals surface area contributed by atoms with Crippen LogP contribution in [0.4, 0.5) is 5.69 Å². The van der Waals surface area contributed by atoms with E-state index < -0.39 is 5.66 Å². The van der Waals surface area contributed by atoms with Gasteiger partial charge in [-0.3, -0.25) is 5.73 Å². The topological polar surface area (TPSA) is 61.9 Å². The predicted molar refractivity (Wildman–Crippen MR) is 76.4 cm³/mol. The SMILES string of the molecule is Cl.N=C1c2ccccc2NC1(N)c1ccccc1. The van der Waals surface area contributed by atoms with Crippen LogP contribution in [0.1, 0.15) is 11.1 Å². The standard InChI is InChI=1S/C14H13N3.ClH/c15-13-11-8-4-5-9-12(11)17-14(13,16)10-6-2-1-3-7-10;/h1-9,15,17H,16H2;1H. The van der Waals surface area contributed by atoms with Crippen molar-refractivity contribution in [2.45, 2.75) is 5.66 Å². The van der Waals surface area contributed by atoms with E-state index in [1.165, 1.54) is 0 Å². The quantitative estimate of drug-likeness (QED) is 0.737. The van der Waals surface area contributed by atoms with Crippen LogP contribution in [0, 0.1) is 5.41 Å². The minimum Gasteiger partial charge on any atom is -0.358 e. The van der Waals surface area contributed by atoms with Gasteiger partial charge in [0.05, 0.1) is 5.71 Å². The van der Waals surface area contributed by atoms with Gasteiger partial charge in [-0.25, -0.2) is 0 Å². The van der Waals surface area contributed by atoms with Gasteiger partial charge in [-0.05, 0) is 11.6 Å². The summed E-state index contributed by atoms with van der Waals surface area (Å²) in [6.07, 6.45) is 0. The van der Waals surface area contributed by atoms with Crippen LogP contribution in [0.25, 0.3) is 0 Å². The number of fused-ring (bicyclic) bond motifs is 1. The Hall–Kier alpha value is -1.84. The Morgan fingerprint density at radius 3 is 2.22 bits per heavy atom. The van der Waals surface area contributed by atoms with Crippen LogP contribution in [0.5, 0.6) is 0 Å². The Balaban J connectivity index is 0.00000120. The highest BCUT2D eigenvalue weighted by atomic mass is 35.5. The summed E-state index contributed by atoms with van der Waals surface area (Å²) in [5, 5.41) is 11.5. The molecular formula is C14H14ClN3. The smallest absolute Gasteiger partial charge is 0.156 e. The maximum absolute atomic E-state index is 8.23. The zero-order valence-electron chi connectivity index (χ0n) is 9.68. The maximum atomic E-state index is 8.23. The first-order valence-corrected chi connectivity index (χ1v) is 5.53. The summed E-state index contributed by atoms with van der Waals surface area (Å²) in [6, 6.07) is 17.4. The molecule has 1 atom stereocenters. The number of hydrogen-bond acceptors (Lipinski definition) is 3. The molecule has 0 spiro atoms. The van der Waals surface area contributed by atoms with Crippen LogP contribution in [0.15, 0.2) is 54.6 Å². The Morgan fingerprint density at radius 1 is 0.944 bits per heavy atom. The summed E-state index contributed by atoms with van der Waals surface area (Å²) in [6.45, 7) is 0. The molecule has 18 heavy (non-hydrogen) atoms. The molecule has 0 saturated carbocycles. The molecule has 1 unspecified atom stereocenters. The second-order valence-corrected chi connectivity index (χ2v) is 4.22. The molecule has 0 aliphatic carbocycles. The highest BCUT2D eigenvalue weighted by Crippen LogP contribution is 2.35. The molecule has 0 fully saturated rings. The number of anilines is 1. The molecule has 3 rings (SSSR count). The molecule has 3 nitrogen and oxygen atoms in total. The lowest BCUT2D eigenvalue weighted by atomic mass is 9.94. The molecule has 0 radical (unpaired) electrons. The van der Waals surface area contributed by atoms with E-state index >= 15 is 0 Å². The molecule has 0 bridgehead atoms. The van der Waals surface area contributed by atoms with Crippen LogP contribution >= 0.6 is 12.4 Å². The van der Waals surface area contributed by atoms with Gasteiger partial charge in [0.1, 0.15) is 0 Å².